The zero-order valence-corrected chi connectivity index (χ0v) is 13.6. The van der Waals surface area contributed by atoms with Crippen molar-refractivity contribution in [2.45, 2.75) is 32.2 Å². The first kappa shape index (κ1) is 18.2. The number of hydrogen-bond donors (Lipinski definition) is 0. The van der Waals surface area contributed by atoms with Crippen LogP contribution in [0.3, 0.4) is 0 Å². The predicted octanol–water partition coefficient (Wildman–Crippen LogP) is 5.40. The summed E-state index contributed by atoms with van der Waals surface area (Å²) >= 11 is 5.97. The minimum atomic E-state index is -0.337. The van der Waals surface area contributed by atoms with Gasteiger partial charge in [-0.15, -0.1) is 12.3 Å². The molecule has 116 valence electrons. The maximum Gasteiger partial charge on any atom is 0.108 e. The molecule has 0 amide bonds. The Kier molecular flexibility index (Phi) is 8.95. The van der Waals surface area contributed by atoms with E-state index in [-0.39, 0.29) is 12.7 Å². The van der Waals surface area contributed by atoms with Crippen LogP contribution in [0.4, 0.5) is 4.39 Å². The number of halogens is 2. The average molecular weight is 318 g/mol. The van der Waals surface area contributed by atoms with Gasteiger partial charge < -0.3 is 0 Å². The van der Waals surface area contributed by atoms with Gasteiger partial charge >= 0.3 is 0 Å². The Labute approximate surface area is 137 Å². The molecule has 0 bridgehead atoms. The third-order valence-corrected chi connectivity index (χ3v) is 3.31. The topological polar surface area (TPSA) is 12.4 Å². The van der Waals surface area contributed by atoms with Crippen molar-refractivity contribution in [3.05, 3.63) is 59.2 Å². The van der Waals surface area contributed by atoms with Gasteiger partial charge in [-0.3, -0.25) is 4.99 Å². The third kappa shape index (κ3) is 6.74. The lowest BCUT2D eigenvalue weighted by Gasteiger charge is -2.00. The van der Waals surface area contributed by atoms with E-state index in [9.17, 15) is 4.39 Å². The molecule has 0 saturated heterocycles. The Morgan fingerprint density at radius 2 is 2.27 bits per heavy atom. The van der Waals surface area contributed by atoms with E-state index in [1.54, 1.807) is 13.0 Å². The zero-order valence-electron chi connectivity index (χ0n) is 12.8. The third-order valence-electron chi connectivity index (χ3n) is 3.08. The van der Waals surface area contributed by atoms with Gasteiger partial charge in [-0.25, -0.2) is 4.39 Å². The molecule has 1 aromatic carbocycles. The summed E-state index contributed by atoms with van der Waals surface area (Å²) in [5.41, 5.74) is 2.27. The van der Waals surface area contributed by atoms with Gasteiger partial charge in [-0.05, 0) is 37.5 Å². The van der Waals surface area contributed by atoms with Crippen molar-refractivity contribution >= 4 is 17.3 Å². The molecule has 3 heteroatoms. The van der Waals surface area contributed by atoms with Crippen LogP contribution < -0.4 is 0 Å². The van der Waals surface area contributed by atoms with Gasteiger partial charge in [0.1, 0.15) is 6.67 Å². The maximum absolute atomic E-state index is 10.9. The molecule has 0 saturated carbocycles. The minimum absolute atomic E-state index is 0.275. The molecule has 1 atom stereocenters. The Hall–Kier alpha value is -1.85. The molecule has 1 nitrogen and oxygen atoms in total. The van der Waals surface area contributed by atoms with E-state index < -0.39 is 0 Å². The van der Waals surface area contributed by atoms with Gasteiger partial charge in [-0.1, -0.05) is 48.0 Å². The van der Waals surface area contributed by atoms with Gasteiger partial charge in [0.15, 0.2) is 0 Å². The van der Waals surface area contributed by atoms with Crippen LogP contribution >= 0.6 is 11.6 Å². The van der Waals surface area contributed by atoms with E-state index >= 15 is 0 Å². The van der Waals surface area contributed by atoms with Crippen LogP contribution in [-0.2, 0) is 0 Å². The minimum Gasteiger partial charge on any atom is -0.282 e. The molecule has 0 aliphatic carbocycles. The number of benzene rings is 1. The average Bonchev–Trinajstić information content (AvgIpc) is 2.98. The highest BCUT2D eigenvalue weighted by atomic mass is 35.5. The van der Waals surface area contributed by atoms with Gasteiger partial charge in [0.2, 0.25) is 0 Å². The lowest BCUT2D eigenvalue weighted by Crippen LogP contribution is -1.95. The van der Waals surface area contributed by atoms with E-state index in [0.29, 0.717) is 6.42 Å². The summed E-state index contributed by atoms with van der Waals surface area (Å²) in [6.07, 6.45) is 15.2. The van der Waals surface area contributed by atoms with Crippen molar-refractivity contribution in [2.75, 3.05) is 6.67 Å². The second-order valence-electron chi connectivity index (χ2n) is 4.75. The lowest BCUT2D eigenvalue weighted by atomic mass is 10.1. The maximum atomic E-state index is 10.9. The first-order valence-electron chi connectivity index (χ1n) is 7.31. The molecule has 0 N–H and O–H groups in total. The van der Waals surface area contributed by atoms with E-state index in [1.807, 2.05) is 24.3 Å². The molecule has 22 heavy (non-hydrogen) atoms. The highest BCUT2D eigenvalue weighted by Crippen LogP contribution is 2.21. The number of alkyl halides is 1. The summed E-state index contributed by atoms with van der Waals surface area (Å²) in [6.45, 7) is 1.45. The molecule has 0 fully saturated rings. The van der Waals surface area contributed by atoms with E-state index in [1.165, 1.54) is 6.08 Å². The molecular weight excluding hydrogens is 297 g/mol. The monoisotopic (exact) mass is 317 g/mol. The van der Waals surface area contributed by atoms with Crippen molar-refractivity contribution in [1.82, 2.24) is 0 Å². The van der Waals surface area contributed by atoms with E-state index in [2.05, 4.69) is 23.1 Å². The zero-order chi connectivity index (χ0) is 16.2. The van der Waals surface area contributed by atoms with Crippen molar-refractivity contribution in [1.29, 1.82) is 0 Å². The molecule has 2 rings (SSSR count). The normalized spacial score (nSPS) is 17.2. The number of hydrogen-bond acceptors (Lipinski definition) is 1. The molecule has 1 aliphatic rings. The first-order chi connectivity index (χ1) is 10.7. The number of aliphatic imine (C=N–C) groups is 1. The lowest BCUT2D eigenvalue weighted by molar-refractivity contribution is 0.561. The first-order valence-corrected chi connectivity index (χ1v) is 7.69. The second-order valence-corrected chi connectivity index (χ2v) is 5.19. The standard InChI is InChI=1S/C15H14ClN.C4H7F/c1-2-3-4-8-14-9-10-15(17-14)12-6-5-7-13(16)11-12;1-2-3-4-5/h1,4-8,11,14H,3,9-10H2;2-3H,4H2,1H3/b8-4+;3-2-. The molecule has 1 unspecified atom stereocenters. The quantitative estimate of drug-likeness (QED) is 0.520. The van der Waals surface area contributed by atoms with E-state index in [0.717, 1.165) is 29.1 Å². The smallest absolute Gasteiger partial charge is 0.108 e. The Balaban J connectivity index is 0.000000422. The van der Waals surface area contributed by atoms with Crippen LogP contribution in [0.2, 0.25) is 5.02 Å². The summed E-state index contributed by atoms with van der Waals surface area (Å²) in [5, 5.41) is 0.761. The van der Waals surface area contributed by atoms with Crippen LogP contribution in [-0.4, -0.2) is 18.4 Å². The Morgan fingerprint density at radius 3 is 2.86 bits per heavy atom. The molecule has 0 spiro atoms. The van der Waals surface area contributed by atoms with E-state index in [4.69, 9.17) is 18.0 Å². The summed E-state index contributed by atoms with van der Waals surface area (Å²) in [4.78, 5) is 4.67. The van der Waals surface area contributed by atoms with Gasteiger partial charge in [-0.2, -0.15) is 0 Å². The number of terminal acetylenes is 1. The van der Waals surface area contributed by atoms with Crippen molar-refractivity contribution in [2.24, 2.45) is 4.99 Å². The Morgan fingerprint density at radius 1 is 1.45 bits per heavy atom. The van der Waals surface area contributed by atoms with Crippen LogP contribution in [0.1, 0.15) is 31.7 Å². The Bertz CT molecular complexity index is 581. The highest BCUT2D eigenvalue weighted by Gasteiger charge is 2.16. The summed E-state index contributed by atoms with van der Waals surface area (Å²) in [6, 6.07) is 8.14. The fourth-order valence-corrected chi connectivity index (χ4v) is 2.21. The number of allylic oxidation sites excluding steroid dienone is 3. The van der Waals surface area contributed by atoms with Gasteiger partial charge in [0.25, 0.3) is 0 Å². The molecule has 1 aromatic rings. The predicted molar refractivity (Wildman–Crippen MR) is 94.4 cm³/mol. The SMILES string of the molecule is C#CC/C=C/C1CCC(c2cccc(Cl)c2)=N1.C/C=C\CF. The fraction of sp³-hybridized carbons (Fsp3) is 0.316. The van der Waals surface area contributed by atoms with Gasteiger partial charge in [0.05, 0.1) is 6.04 Å². The molecular formula is C19H21ClFN. The highest BCUT2D eigenvalue weighted by molar-refractivity contribution is 6.31. The fourth-order valence-electron chi connectivity index (χ4n) is 2.02. The van der Waals surface area contributed by atoms with Crippen molar-refractivity contribution in [3.63, 3.8) is 0 Å². The number of rotatable bonds is 4. The largest absolute Gasteiger partial charge is 0.282 e. The molecule has 1 aliphatic heterocycles. The van der Waals surface area contributed by atoms with Crippen molar-refractivity contribution in [3.8, 4) is 12.3 Å². The van der Waals surface area contributed by atoms with Crippen LogP contribution in [0.25, 0.3) is 0 Å². The molecule has 0 radical (unpaired) electrons. The molecule has 1 heterocycles. The summed E-state index contributed by atoms with van der Waals surface area (Å²) < 4.78 is 10.9. The van der Waals surface area contributed by atoms with Crippen LogP contribution in [0, 0.1) is 12.3 Å². The summed E-state index contributed by atoms with van der Waals surface area (Å²) in [7, 11) is 0. The molecule has 0 aromatic heterocycles. The van der Waals surface area contributed by atoms with Gasteiger partial charge in [0, 0.05) is 17.2 Å². The summed E-state index contributed by atoms with van der Waals surface area (Å²) in [5.74, 6) is 2.59. The van der Waals surface area contributed by atoms with Crippen LogP contribution in [0.5, 0.6) is 0 Å². The number of nitrogens with zero attached hydrogens (tertiary/aromatic N) is 1. The van der Waals surface area contributed by atoms with Crippen LogP contribution in [0.15, 0.2) is 53.6 Å². The van der Waals surface area contributed by atoms with Crippen molar-refractivity contribution < 1.29 is 4.39 Å². The second kappa shape index (κ2) is 10.8.